The van der Waals surface area contributed by atoms with E-state index in [-0.39, 0.29) is 31.6 Å². The van der Waals surface area contributed by atoms with Gasteiger partial charge in [0.05, 0.1) is 50.6 Å². The zero-order chi connectivity index (χ0) is 54.5. The van der Waals surface area contributed by atoms with E-state index in [1.807, 2.05) is 0 Å². The number of anilines is 7. The van der Waals surface area contributed by atoms with Gasteiger partial charge in [-0.15, -0.1) is 0 Å². The molecule has 0 saturated carbocycles. The van der Waals surface area contributed by atoms with Gasteiger partial charge in [0.2, 0.25) is 0 Å². The Labute approximate surface area is 457 Å². The Kier molecular flexibility index (Phi) is 24.2. The van der Waals surface area contributed by atoms with Gasteiger partial charge in [-0.05, 0) is 71.1 Å². The summed E-state index contributed by atoms with van der Waals surface area (Å²) in [6.45, 7) is 0.269. The van der Waals surface area contributed by atoms with E-state index in [1.165, 1.54) is 80.8 Å². The summed E-state index contributed by atoms with van der Waals surface area (Å²) in [6.07, 6.45) is 31.2. The van der Waals surface area contributed by atoms with Crippen molar-refractivity contribution in [3.8, 4) is 0 Å². The van der Waals surface area contributed by atoms with Crippen LogP contribution in [0.5, 0.6) is 0 Å². The van der Waals surface area contributed by atoms with Gasteiger partial charge in [-0.25, -0.2) is 78.9 Å². The molecule has 0 aliphatic carbocycles. The molecule has 2 aromatic carbocycles. The van der Waals surface area contributed by atoms with Crippen LogP contribution in [0.1, 0.15) is 39.3 Å². The first-order valence-corrected chi connectivity index (χ1v) is 23.1. The van der Waals surface area contributed by atoms with Crippen molar-refractivity contribution < 1.29 is 28.3 Å². The van der Waals surface area contributed by atoms with Gasteiger partial charge in [0, 0.05) is 91.1 Å². The lowest BCUT2D eigenvalue weighted by atomic mass is 10.1. The van der Waals surface area contributed by atoms with E-state index in [0.717, 1.165) is 15.8 Å². The van der Waals surface area contributed by atoms with Gasteiger partial charge >= 0.3 is 5.97 Å². The van der Waals surface area contributed by atoms with E-state index in [9.17, 15) is 18.4 Å². The number of esters is 1. The van der Waals surface area contributed by atoms with Crippen LogP contribution in [0.3, 0.4) is 0 Å². The number of nitrogens with two attached hydrogens (primary N) is 1. The summed E-state index contributed by atoms with van der Waals surface area (Å²) >= 11 is 2.11. The van der Waals surface area contributed by atoms with Gasteiger partial charge in [-0.1, -0.05) is 19.6 Å². The molecule has 8 heterocycles. The Bertz CT molecular complexity index is 3000. The lowest BCUT2D eigenvalue weighted by Gasteiger charge is -2.22. The normalized spacial score (nSPS) is 9.76. The van der Waals surface area contributed by atoms with Gasteiger partial charge < -0.3 is 25.6 Å². The van der Waals surface area contributed by atoms with Gasteiger partial charge in [0.25, 0.3) is 5.91 Å². The van der Waals surface area contributed by atoms with E-state index in [2.05, 4.69) is 112 Å². The van der Waals surface area contributed by atoms with Crippen LogP contribution in [0, 0.1) is 15.3 Å². The predicted octanol–water partition coefficient (Wildman–Crippen LogP) is 7.18. The van der Waals surface area contributed by atoms with Crippen molar-refractivity contribution in [1.29, 1.82) is 0 Å². The first-order valence-electron chi connectivity index (χ1n) is 22.0. The summed E-state index contributed by atoms with van der Waals surface area (Å²) in [7, 11) is 1.25. The number of nitrogen functional groups attached to an aromatic ring is 1. The quantitative estimate of drug-likeness (QED) is 0.0407. The third-order valence-electron chi connectivity index (χ3n) is 9.42. The Morgan fingerprint density at radius 2 is 1.03 bits per heavy atom. The van der Waals surface area contributed by atoms with Crippen molar-refractivity contribution in [3.05, 3.63) is 223 Å². The highest BCUT2D eigenvalue weighted by atomic mass is 127. The molecule has 0 bridgehead atoms. The van der Waals surface area contributed by atoms with E-state index < -0.39 is 23.5 Å². The number of benzene rings is 2. The molecule has 0 fully saturated rings. The minimum Gasteiger partial charge on any atom is -0.465 e. The number of amides is 1. The number of rotatable bonds is 12. The van der Waals surface area contributed by atoms with Crippen LogP contribution >= 0.6 is 22.6 Å². The molecule has 1 amide bonds. The molecule has 10 rings (SSSR count). The highest BCUT2D eigenvalue weighted by Crippen LogP contribution is 2.26. The van der Waals surface area contributed by atoms with Crippen LogP contribution in [0.15, 0.2) is 185 Å². The van der Waals surface area contributed by atoms with Crippen LogP contribution in [0.2, 0.25) is 0 Å². The molecule has 0 aliphatic rings. The molecular formula is C50H46F2IN21O4. The zero-order valence-electron chi connectivity index (χ0n) is 40.2. The molecule has 25 nitrogen and oxygen atoms in total. The van der Waals surface area contributed by atoms with Crippen LogP contribution in [0.4, 0.5) is 49.5 Å². The number of hydrogen-bond acceptors (Lipinski definition) is 24. The molecule has 28 heteroatoms. The second kappa shape index (κ2) is 32.2. The number of nitrogens with one attached hydrogen (secondary N) is 2. The fourth-order valence-electron chi connectivity index (χ4n) is 5.89. The minimum absolute atomic E-state index is 0. The van der Waals surface area contributed by atoms with Crippen molar-refractivity contribution in [3.63, 3.8) is 0 Å². The fraction of sp³-hybridized carbons (Fsp3) is 0.0800. The number of aromatic nitrogens is 16. The van der Waals surface area contributed by atoms with Gasteiger partial charge in [0.1, 0.15) is 69.7 Å². The molecule has 0 unspecified atom stereocenters. The number of hydrogen-bond donors (Lipinski definition) is 4. The van der Waals surface area contributed by atoms with E-state index in [4.69, 9.17) is 10.9 Å². The van der Waals surface area contributed by atoms with Gasteiger partial charge in [-0.2, -0.15) is 0 Å². The number of carbonyl (C=O) groups excluding carboxylic acids is 2. The number of hydroxylamine groups is 1. The number of carbonyl (C=O) groups is 2. The summed E-state index contributed by atoms with van der Waals surface area (Å²) < 4.78 is 34.3. The average Bonchev–Trinajstić information content (AvgIpc) is 3.49. The van der Waals surface area contributed by atoms with Crippen molar-refractivity contribution in [2.24, 2.45) is 0 Å². The number of ether oxygens (including phenoxy) is 1. The monoisotopic (exact) mass is 1170 g/mol. The molecule has 8 aromatic heterocycles. The van der Waals surface area contributed by atoms with Gasteiger partial charge in [-0.3, -0.25) is 29.9 Å². The summed E-state index contributed by atoms with van der Waals surface area (Å²) in [5.41, 5.74) is 7.53. The third kappa shape index (κ3) is 19.2. The molecular weight excluding hydrogens is 1120 g/mol. The van der Waals surface area contributed by atoms with E-state index in [1.54, 1.807) is 115 Å². The summed E-state index contributed by atoms with van der Waals surface area (Å²) in [5, 5.41) is 11.6. The molecule has 10 aromatic rings. The highest BCUT2D eigenvalue weighted by molar-refractivity contribution is 14.1. The van der Waals surface area contributed by atoms with Crippen LogP contribution in [-0.4, -0.2) is 104 Å². The number of methoxy groups -OCH3 is 1. The maximum Gasteiger partial charge on any atom is 0.337 e. The molecule has 396 valence electrons. The first-order chi connectivity index (χ1) is 37.6. The third-order valence-corrected chi connectivity index (χ3v) is 9.98. The van der Waals surface area contributed by atoms with Crippen molar-refractivity contribution >= 4 is 75.2 Å². The molecule has 5 N–H and O–H groups in total. The molecule has 0 radical (unpaired) electrons. The average molecular weight is 1170 g/mol. The smallest absolute Gasteiger partial charge is 0.337 e. The molecule has 0 aliphatic heterocycles. The van der Waals surface area contributed by atoms with Crippen LogP contribution in [0.25, 0.3) is 0 Å². The zero-order valence-corrected chi connectivity index (χ0v) is 42.3. The number of halogens is 3. The largest absolute Gasteiger partial charge is 0.465 e. The Hall–Kier alpha value is -10.2. The maximum atomic E-state index is 14.4. The van der Waals surface area contributed by atoms with Crippen LogP contribution in [-0.2, 0) is 17.8 Å². The van der Waals surface area contributed by atoms with Crippen LogP contribution < -0.4 is 26.3 Å². The second-order valence-corrected chi connectivity index (χ2v) is 15.6. The van der Waals surface area contributed by atoms with Crippen molar-refractivity contribution in [2.75, 3.05) is 28.0 Å². The summed E-state index contributed by atoms with van der Waals surface area (Å²) in [4.78, 5) is 89.6. The van der Waals surface area contributed by atoms with E-state index in [0.29, 0.717) is 51.9 Å². The molecule has 0 atom stereocenters. The number of nitrogens with zero attached hydrogens (tertiary/aromatic N) is 18. The summed E-state index contributed by atoms with van der Waals surface area (Å²) in [6, 6.07) is 14.9. The lowest BCUT2D eigenvalue weighted by Crippen LogP contribution is -2.21. The fourth-order valence-corrected chi connectivity index (χ4v) is 6.21. The van der Waals surface area contributed by atoms with Crippen molar-refractivity contribution in [2.45, 2.75) is 20.5 Å². The topological polar surface area (TPSA) is 326 Å². The molecule has 0 spiro atoms. The first kappa shape index (κ1) is 58.7. The van der Waals surface area contributed by atoms with Gasteiger partial charge in [0.15, 0.2) is 11.6 Å². The second-order valence-electron chi connectivity index (χ2n) is 14.5. The van der Waals surface area contributed by atoms with E-state index >= 15 is 0 Å². The maximum absolute atomic E-state index is 14.4. The molecule has 0 saturated heterocycles. The predicted molar refractivity (Wildman–Crippen MR) is 288 cm³/mol. The SMILES string of the molecule is C.COC(=O)c1ccc(CN(c2ccncn2)c2cnccn2)c(F)c1.Ic1cnccn1.Nc1ccncn1.O=C(NO)c1ccc(CN(c2ccncn2)c2cnccn2)c(F)c1.c1cc(Nc2cnccn2)ncn1. The standard InChI is InChI=1S/C17H14FN5O2.C16H13FN6O2.C8H7N5.C4H3IN2.C4H5N3.CH4/c1-25-17(24)12-2-3-13(14(18)8-12)10-23(15-4-5-20-11-22-15)16-9-19-6-7-21-16;17-13-7-11(16(24)22-25)1-2-12(13)9-23(14-3-4-19-10-21-14)15-8-18-5-6-20-15;1-2-10-6-12-7(1)13-8-5-9-3-4-11-8;5-4-3-6-1-2-7-4;5-4-1-2-6-3-7-4;/h2-9,11H,10H2,1H3;1-8,10,25H,9H2,(H,22,24);1-6H,(H,10,11,12,13);1-3H;1-3H,(H2,5,6,7);1H4. The Morgan fingerprint density at radius 1 is 0.538 bits per heavy atom. The molecule has 78 heavy (non-hydrogen) atoms. The Morgan fingerprint density at radius 3 is 1.40 bits per heavy atom. The summed E-state index contributed by atoms with van der Waals surface area (Å²) in [5.74, 6) is 1.45. The highest BCUT2D eigenvalue weighted by Gasteiger charge is 2.18. The Balaban J connectivity index is 0.000000196. The van der Waals surface area contributed by atoms with Crippen molar-refractivity contribution in [1.82, 2.24) is 85.2 Å². The minimum atomic E-state index is -0.785. The lowest BCUT2D eigenvalue weighted by molar-refractivity contribution is 0.0599.